The summed E-state index contributed by atoms with van der Waals surface area (Å²) in [6, 6.07) is 14.1. The SMILES string of the molecule is CCNC(=NCC(C)(C)NC(C)c1ccccc1)NCC(C)(O)c1ccco1. The van der Waals surface area contributed by atoms with E-state index >= 15 is 0 Å². The van der Waals surface area contributed by atoms with Gasteiger partial charge in [0, 0.05) is 18.1 Å². The Balaban J connectivity index is 1.96. The molecule has 2 rings (SSSR count). The van der Waals surface area contributed by atoms with Crippen molar-refractivity contribution in [2.24, 2.45) is 4.99 Å². The van der Waals surface area contributed by atoms with Gasteiger partial charge in [0.25, 0.3) is 0 Å². The highest BCUT2D eigenvalue weighted by atomic mass is 16.4. The van der Waals surface area contributed by atoms with Gasteiger partial charge in [-0.25, -0.2) is 0 Å². The van der Waals surface area contributed by atoms with Gasteiger partial charge in [-0.2, -0.15) is 0 Å². The molecule has 2 unspecified atom stereocenters. The molecule has 0 aliphatic carbocycles. The van der Waals surface area contributed by atoms with E-state index in [9.17, 15) is 5.11 Å². The van der Waals surface area contributed by atoms with Crippen LogP contribution in [0.15, 0.2) is 58.1 Å². The van der Waals surface area contributed by atoms with Crippen molar-refractivity contribution in [1.82, 2.24) is 16.0 Å². The molecule has 1 heterocycles. The second-order valence-corrected chi connectivity index (χ2v) is 7.96. The lowest BCUT2D eigenvalue weighted by Crippen LogP contribution is -2.47. The van der Waals surface area contributed by atoms with Crippen LogP contribution in [0.25, 0.3) is 0 Å². The topological polar surface area (TPSA) is 81.8 Å². The summed E-state index contributed by atoms with van der Waals surface area (Å²) in [7, 11) is 0. The molecule has 0 fully saturated rings. The smallest absolute Gasteiger partial charge is 0.191 e. The maximum absolute atomic E-state index is 10.6. The summed E-state index contributed by atoms with van der Waals surface area (Å²) in [5.41, 5.74) is -0.0600. The van der Waals surface area contributed by atoms with Crippen LogP contribution in [0.2, 0.25) is 0 Å². The average Bonchev–Trinajstić information content (AvgIpc) is 3.20. The molecule has 6 nitrogen and oxygen atoms in total. The number of furan rings is 1. The number of benzene rings is 1. The van der Waals surface area contributed by atoms with Crippen LogP contribution in [0.4, 0.5) is 0 Å². The highest BCUT2D eigenvalue weighted by molar-refractivity contribution is 5.79. The first kappa shape index (κ1) is 22.0. The first-order valence-electron chi connectivity index (χ1n) is 9.85. The largest absolute Gasteiger partial charge is 0.466 e. The second-order valence-electron chi connectivity index (χ2n) is 7.96. The van der Waals surface area contributed by atoms with Gasteiger partial charge < -0.3 is 25.5 Å². The molecule has 28 heavy (non-hydrogen) atoms. The average molecular weight is 387 g/mol. The Morgan fingerprint density at radius 3 is 2.43 bits per heavy atom. The summed E-state index contributed by atoms with van der Waals surface area (Å²) in [5, 5.41) is 20.7. The molecule has 4 N–H and O–H groups in total. The molecular weight excluding hydrogens is 352 g/mol. The van der Waals surface area contributed by atoms with Gasteiger partial charge in [-0.1, -0.05) is 30.3 Å². The minimum absolute atomic E-state index is 0.193. The van der Waals surface area contributed by atoms with Gasteiger partial charge >= 0.3 is 0 Å². The summed E-state index contributed by atoms with van der Waals surface area (Å²) in [6.45, 7) is 11.8. The van der Waals surface area contributed by atoms with Crippen LogP contribution in [0.3, 0.4) is 0 Å². The normalized spacial score (nSPS) is 15.7. The summed E-state index contributed by atoms with van der Waals surface area (Å²) in [6.07, 6.45) is 1.56. The fraction of sp³-hybridized carbons (Fsp3) is 0.500. The number of nitrogens with one attached hydrogen (secondary N) is 3. The highest BCUT2D eigenvalue weighted by Crippen LogP contribution is 2.20. The number of hydrogen-bond acceptors (Lipinski definition) is 4. The van der Waals surface area contributed by atoms with Crippen molar-refractivity contribution in [2.45, 2.75) is 51.8 Å². The van der Waals surface area contributed by atoms with Crippen LogP contribution in [0.1, 0.15) is 52.0 Å². The van der Waals surface area contributed by atoms with Crippen molar-refractivity contribution in [3.8, 4) is 0 Å². The second kappa shape index (κ2) is 9.75. The van der Waals surface area contributed by atoms with E-state index in [0.717, 1.165) is 6.54 Å². The van der Waals surface area contributed by atoms with Crippen LogP contribution in [0, 0.1) is 0 Å². The summed E-state index contributed by atoms with van der Waals surface area (Å²) in [4.78, 5) is 4.71. The first-order chi connectivity index (χ1) is 13.2. The van der Waals surface area contributed by atoms with Crippen LogP contribution in [-0.4, -0.2) is 36.2 Å². The number of hydrogen-bond donors (Lipinski definition) is 4. The van der Waals surface area contributed by atoms with Crippen LogP contribution >= 0.6 is 0 Å². The van der Waals surface area contributed by atoms with E-state index in [1.165, 1.54) is 5.56 Å². The predicted octanol–water partition coefficient (Wildman–Crippen LogP) is 3.17. The zero-order valence-electron chi connectivity index (χ0n) is 17.6. The maximum atomic E-state index is 10.6. The number of guanidine groups is 1. The third-order valence-corrected chi connectivity index (χ3v) is 4.54. The third kappa shape index (κ3) is 6.69. The van der Waals surface area contributed by atoms with Crippen LogP contribution < -0.4 is 16.0 Å². The summed E-state index contributed by atoms with van der Waals surface area (Å²) >= 11 is 0. The van der Waals surface area contributed by atoms with E-state index in [-0.39, 0.29) is 11.6 Å². The van der Waals surface area contributed by atoms with Crippen molar-refractivity contribution in [2.75, 3.05) is 19.6 Å². The quantitative estimate of drug-likeness (QED) is 0.393. The Kier molecular flexibility index (Phi) is 7.66. The lowest BCUT2D eigenvalue weighted by Gasteiger charge is -2.30. The molecule has 0 aliphatic heterocycles. The number of aliphatic hydroxyl groups is 1. The zero-order chi connectivity index (χ0) is 20.6. The van der Waals surface area contributed by atoms with E-state index < -0.39 is 5.60 Å². The molecule has 0 saturated carbocycles. The maximum Gasteiger partial charge on any atom is 0.191 e. The van der Waals surface area contributed by atoms with Gasteiger partial charge in [-0.15, -0.1) is 0 Å². The van der Waals surface area contributed by atoms with Crippen molar-refractivity contribution in [1.29, 1.82) is 0 Å². The lowest BCUT2D eigenvalue weighted by atomic mass is 10.0. The van der Waals surface area contributed by atoms with E-state index in [4.69, 9.17) is 9.41 Å². The highest BCUT2D eigenvalue weighted by Gasteiger charge is 2.26. The van der Waals surface area contributed by atoms with Gasteiger partial charge in [-0.3, -0.25) is 4.99 Å². The van der Waals surface area contributed by atoms with Gasteiger partial charge in [0.15, 0.2) is 5.96 Å². The first-order valence-corrected chi connectivity index (χ1v) is 9.85. The molecule has 6 heteroatoms. The number of nitrogens with zero attached hydrogens (tertiary/aromatic N) is 1. The standard InChI is InChI=1S/C22H34N4O2/c1-6-23-20(25-16-22(5,27)19-13-10-14-28-19)24-15-21(3,4)26-17(2)18-11-8-7-9-12-18/h7-14,17,26-27H,6,15-16H2,1-5H3,(H2,23,24,25). The van der Waals surface area contributed by atoms with E-state index in [0.29, 0.717) is 24.8 Å². The minimum atomic E-state index is -1.12. The number of aliphatic imine (C=N–C) groups is 1. The Morgan fingerprint density at radius 1 is 1.11 bits per heavy atom. The Hall–Kier alpha value is -2.31. The van der Waals surface area contributed by atoms with Crippen molar-refractivity contribution < 1.29 is 9.52 Å². The Bertz CT molecular complexity index is 724. The molecule has 1 aromatic carbocycles. The van der Waals surface area contributed by atoms with Crippen molar-refractivity contribution in [3.05, 3.63) is 60.1 Å². The Labute approximate surface area is 168 Å². The monoisotopic (exact) mass is 386 g/mol. The molecule has 2 atom stereocenters. The lowest BCUT2D eigenvalue weighted by molar-refractivity contribution is 0.0386. The molecule has 0 spiro atoms. The molecule has 0 radical (unpaired) electrons. The molecule has 154 valence electrons. The minimum Gasteiger partial charge on any atom is -0.466 e. The van der Waals surface area contributed by atoms with Crippen molar-refractivity contribution >= 4 is 5.96 Å². The fourth-order valence-electron chi connectivity index (χ4n) is 3.00. The number of rotatable bonds is 9. The Morgan fingerprint density at radius 2 is 1.82 bits per heavy atom. The fourth-order valence-corrected chi connectivity index (χ4v) is 3.00. The van der Waals surface area contributed by atoms with Gasteiger partial charge in [0.2, 0.25) is 0 Å². The van der Waals surface area contributed by atoms with Crippen LogP contribution in [-0.2, 0) is 5.60 Å². The molecule has 0 saturated heterocycles. The molecule has 2 aromatic rings. The van der Waals surface area contributed by atoms with Gasteiger partial charge in [0.05, 0.1) is 19.4 Å². The van der Waals surface area contributed by atoms with Gasteiger partial charge in [-0.05, 0) is 52.3 Å². The van der Waals surface area contributed by atoms with E-state index in [1.807, 2.05) is 13.0 Å². The molecule has 0 aliphatic rings. The molecule has 0 bridgehead atoms. The zero-order valence-corrected chi connectivity index (χ0v) is 17.6. The summed E-state index contributed by atoms with van der Waals surface area (Å²) in [5.74, 6) is 1.19. The van der Waals surface area contributed by atoms with Crippen LogP contribution in [0.5, 0.6) is 0 Å². The van der Waals surface area contributed by atoms with Crippen molar-refractivity contribution in [3.63, 3.8) is 0 Å². The molecule has 0 amide bonds. The summed E-state index contributed by atoms with van der Waals surface area (Å²) < 4.78 is 5.33. The van der Waals surface area contributed by atoms with Gasteiger partial charge in [0.1, 0.15) is 11.4 Å². The molecule has 1 aromatic heterocycles. The van der Waals surface area contributed by atoms with E-state index in [2.05, 4.69) is 61.0 Å². The predicted molar refractivity (Wildman–Crippen MR) is 114 cm³/mol. The van der Waals surface area contributed by atoms with E-state index in [1.54, 1.807) is 25.3 Å². The third-order valence-electron chi connectivity index (χ3n) is 4.54. The molecular formula is C22H34N4O2.